The third kappa shape index (κ3) is 9.54. The van der Waals surface area contributed by atoms with E-state index in [1.54, 1.807) is 41.5 Å². The third-order valence-corrected chi connectivity index (χ3v) is 3.22. The molecule has 0 bridgehead atoms. The summed E-state index contributed by atoms with van der Waals surface area (Å²) in [6.45, 7) is 10.1. The average Bonchev–Trinajstić information content (AvgIpc) is 2.41. The molecule has 0 aliphatic rings. The molecule has 1 aromatic rings. The Morgan fingerprint density at radius 2 is 1.68 bits per heavy atom. The molecule has 156 valence electrons. The van der Waals surface area contributed by atoms with Gasteiger partial charge in [0.1, 0.15) is 27.6 Å². The lowest BCUT2D eigenvalue weighted by Crippen LogP contribution is -2.44. The highest BCUT2D eigenvalue weighted by Crippen LogP contribution is 2.21. The van der Waals surface area contributed by atoms with Gasteiger partial charge in [-0.25, -0.2) is 19.4 Å². The molecule has 0 spiro atoms. The maximum Gasteiger partial charge on any atom is 0.514 e. The first-order valence-electron chi connectivity index (χ1n) is 8.44. The normalized spacial score (nSPS) is 12.7. The van der Waals surface area contributed by atoms with Crippen molar-refractivity contribution in [3.8, 4) is 5.75 Å². The van der Waals surface area contributed by atoms with Gasteiger partial charge in [-0.3, -0.25) is 0 Å². The zero-order chi connectivity index (χ0) is 21.7. The first-order chi connectivity index (χ1) is 12.6. The molecule has 0 aromatic carbocycles. The molecule has 9 nitrogen and oxygen atoms in total. The summed E-state index contributed by atoms with van der Waals surface area (Å²) in [6, 6.07) is 1.54. The Morgan fingerprint density at radius 1 is 1.11 bits per heavy atom. The monoisotopic (exact) mass is 460 g/mol. The van der Waals surface area contributed by atoms with E-state index in [1.165, 1.54) is 12.1 Å². The number of hydrogen-bond acceptors (Lipinski definition) is 7. The number of carboxylic acid groups (broad SMARTS) is 1. The van der Waals surface area contributed by atoms with Crippen LogP contribution in [0.1, 0.15) is 47.2 Å². The number of carboxylic acids is 1. The fourth-order valence-electron chi connectivity index (χ4n) is 1.91. The van der Waals surface area contributed by atoms with Gasteiger partial charge in [0.05, 0.1) is 0 Å². The molecular weight excluding hydrogens is 436 g/mol. The highest BCUT2D eigenvalue weighted by molar-refractivity contribution is 9.10. The van der Waals surface area contributed by atoms with Crippen LogP contribution in [0.5, 0.6) is 5.75 Å². The molecule has 1 unspecified atom stereocenters. The summed E-state index contributed by atoms with van der Waals surface area (Å²) in [5.74, 6) is -1.14. The van der Waals surface area contributed by atoms with E-state index in [0.29, 0.717) is 4.60 Å². The van der Waals surface area contributed by atoms with Crippen LogP contribution in [0.2, 0.25) is 0 Å². The minimum Gasteiger partial charge on any atom is -0.480 e. The van der Waals surface area contributed by atoms with E-state index in [4.69, 9.17) is 14.2 Å². The first-order valence-corrected chi connectivity index (χ1v) is 9.23. The Hall–Kier alpha value is -2.36. The van der Waals surface area contributed by atoms with Crippen LogP contribution < -0.4 is 10.1 Å². The van der Waals surface area contributed by atoms with Gasteiger partial charge in [0.25, 0.3) is 0 Å². The predicted molar refractivity (Wildman–Crippen MR) is 103 cm³/mol. The Labute approximate surface area is 171 Å². The molecule has 1 amide bonds. The van der Waals surface area contributed by atoms with Crippen molar-refractivity contribution in [2.45, 2.75) is 65.2 Å². The van der Waals surface area contributed by atoms with Crippen molar-refractivity contribution in [3.63, 3.8) is 0 Å². The van der Waals surface area contributed by atoms with Crippen LogP contribution in [-0.4, -0.2) is 45.6 Å². The molecule has 1 heterocycles. The molecule has 0 saturated carbocycles. The van der Waals surface area contributed by atoms with Crippen molar-refractivity contribution >= 4 is 34.1 Å². The molecule has 28 heavy (non-hydrogen) atoms. The summed E-state index contributed by atoms with van der Waals surface area (Å²) in [4.78, 5) is 39.3. The van der Waals surface area contributed by atoms with Crippen molar-refractivity contribution in [2.24, 2.45) is 0 Å². The molecule has 0 saturated heterocycles. The maximum atomic E-state index is 11.9. The van der Waals surface area contributed by atoms with Crippen molar-refractivity contribution < 1.29 is 33.7 Å². The smallest absolute Gasteiger partial charge is 0.480 e. The van der Waals surface area contributed by atoms with Gasteiger partial charge in [0.2, 0.25) is 0 Å². The number of aliphatic carboxylic acids is 1. The molecule has 0 aliphatic carbocycles. The number of ether oxygens (including phenoxy) is 3. The van der Waals surface area contributed by atoms with Crippen LogP contribution in [-0.2, 0) is 20.7 Å². The number of rotatable bonds is 5. The van der Waals surface area contributed by atoms with E-state index in [2.05, 4.69) is 26.2 Å². The van der Waals surface area contributed by atoms with Crippen molar-refractivity contribution in [1.82, 2.24) is 10.3 Å². The molecule has 10 heteroatoms. The van der Waals surface area contributed by atoms with Crippen molar-refractivity contribution in [1.29, 1.82) is 0 Å². The van der Waals surface area contributed by atoms with Crippen molar-refractivity contribution in [2.75, 3.05) is 0 Å². The second-order valence-corrected chi connectivity index (χ2v) is 8.74. The SMILES string of the molecule is CC(C)(C)OC(=O)NC(Cc1cc(OC(=O)OC(C)(C)C)cc(Br)n1)C(=O)O. The van der Waals surface area contributed by atoms with Gasteiger partial charge < -0.3 is 24.6 Å². The van der Waals surface area contributed by atoms with Gasteiger partial charge in [-0.2, -0.15) is 0 Å². The van der Waals surface area contributed by atoms with Crippen LogP contribution in [0.3, 0.4) is 0 Å². The van der Waals surface area contributed by atoms with Crippen LogP contribution in [0.25, 0.3) is 0 Å². The molecule has 0 fully saturated rings. The number of hydrogen-bond donors (Lipinski definition) is 2. The molecule has 1 aromatic heterocycles. The van der Waals surface area contributed by atoms with E-state index in [0.717, 1.165) is 0 Å². The van der Waals surface area contributed by atoms with Crippen LogP contribution in [0, 0.1) is 0 Å². The van der Waals surface area contributed by atoms with Gasteiger partial charge in [-0.1, -0.05) is 0 Å². The number of amides is 1. The van der Waals surface area contributed by atoms with Gasteiger partial charge in [-0.05, 0) is 57.5 Å². The van der Waals surface area contributed by atoms with E-state index in [-0.39, 0.29) is 17.9 Å². The number of alkyl carbamates (subject to hydrolysis) is 1. The van der Waals surface area contributed by atoms with Gasteiger partial charge in [0.15, 0.2) is 0 Å². The lowest BCUT2D eigenvalue weighted by atomic mass is 10.1. The standard InChI is InChI=1S/C18H25BrN2O7/c1-17(2,3)27-15(24)21-12(14(22)23)8-10-7-11(9-13(19)20-10)26-16(25)28-18(4,5)6/h7,9,12H,8H2,1-6H3,(H,21,24)(H,22,23). The average molecular weight is 461 g/mol. The number of carbonyl (C=O) groups is 3. The van der Waals surface area contributed by atoms with Gasteiger partial charge in [0, 0.05) is 24.2 Å². The molecular formula is C18H25BrN2O7. The molecule has 2 N–H and O–H groups in total. The summed E-state index contributed by atoms with van der Waals surface area (Å²) in [7, 11) is 0. The fraction of sp³-hybridized carbons (Fsp3) is 0.556. The van der Waals surface area contributed by atoms with Crippen LogP contribution >= 0.6 is 15.9 Å². The molecule has 0 aliphatic heterocycles. The lowest BCUT2D eigenvalue weighted by molar-refractivity contribution is -0.139. The Balaban J connectivity index is 2.90. The number of nitrogens with zero attached hydrogens (tertiary/aromatic N) is 1. The fourth-order valence-corrected chi connectivity index (χ4v) is 2.37. The minimum atomic E-state index is -1.29. The van der Waals surface area contributed by atoms with E-state index in [1.807, 2.05) is 0 Å². The number of aromatic nitrogens is 1. The molecule has 1 atom stereocenters. The van der Waals surface area contributed by atoms with Crippen LogP contribution in [0.15, 0.2) is 16.7 Å². The Kier molecular flexibility index (Phi) is 7.80. The second kappa shape index (κ2) is 9.22. The van der Waals surface area contributed by atoms with Gasteiger partial charge in [-0.15, -0.1) is 0 Å². The summed E-state index contributed by atoms with van der Waals surface area (Å²) < 4.78 is 15.6. The maximum absolute atomic E-state index is 11.9. The van der Waals surface area contributed by atoms with E-state index >= 15 is 0 Å². The zero-order valence-corrected chi connectivity index (χ0v) is 18.2. The lowest BCUT2D eigenvalue weighted by Gasteiger charge is -2.22. The highest BCUT2D eigenvalue weighted by Gasteiger charge is 2.25. The number of carbonyl (C=O) groups excluding carboxylic acids is 2. The van der Waals surface area contributed by atoms with Crippen LogP contribution in [0.4, 0.5) is 9.59 Å². The summed E-state index contributed by atoms with van der Waals surface area (Å²) in [5, 5.41) is 11.7. The summed E-state index contributed by atoms with van der Waals surface area (Å²) in [5.41, 5.74) is -1.22. The largest absolute Gasteiger partial charge is 0.514 e. The number of halogens is 1. The third-order valence-electron chi connectivity index (χ3n) is 2.81. The second-order valence-electron chi connectivity index (χ2n) is 7.92. The predicted octanol–water partition coefficient (Wildman–Crippen LogP) is 3.68. The minimum absolute atomic E-state index is 0.118. The summed E-state index contributed by atoms with van der Waals surface area (Å²) in [6.07, 6.45) is -1.92. The number of nitrogens with one attached hydrogen (secondary N) is 1. The van der Waals surface area contributed by atoms with Gasteiger partial charge >= 0.3 is 18.2 Å². The Morgan fingerprint density at radius 3 is 2.18 bits per heavy atom. The highest BCUT2D eigenvalue weighted by atomic mass is 79.9. The van der Waals surface area contributed by atoms with E-state index in [9.17, 15) is 19.5 Å². The molecule has 0 radical (unpaired) electrons. The topological polar surface area (TPSA) is 124 Å². The zero-order valence-electron chi connectivity index (χ0n) is 16.7. The number of pyridine rings is 1. The summed E-state index contributed by atoms with van der Waals surface area (Å²) >= 11 is 3.18. The van der Waals surface area contributed by atoms with Crippen molar-refractivity contribution in [3.05, 3.63) is 22.4 Å². The molecule has 1 rings (SSSR count). The quantitative estimate of drug-likeness (QED) is 0.503. The van der Waals surface area contributed by atoms with E-state index < -0.39 is 35.5 Å². The Bertz CT molecular complexity index is 738. The first kappa shape index (κ1) is 23.7.